The number of alkyl halides is 3. The van der Waals surface area contributed by atoms with Crippen molar-refractivity contribution in [2.75, 3.05) is 0 Å². The molecule has 0 fully saturated rings. The van der Waals surface area contributed by atoms with Crippen LogP contribution in [0.25, 0.3) is 0 Å². The second kappa shape index (κ2) is 5.71. The lowest BCUT2D eigenvalue weighted by Gasteiger charge is -2.19. The van der Waals surface area contributed by atoms with Crippen LogP contribution < -0.4 is 0 Å². The van der Waals surface area contributed by atoms with Gasteiger partial charge in [-0.05, 0) is 12.5 Å². The number of rotatable bonds is 4. The van der Waals surface area contributed by atoms with Crippen LogP contribution in [0.5, 0.6) is 0 Å². The average Bonchev–Trinajstić information content (AvgIpc) is 2.29. The van der Waals surface area contributed by atoms with E-state index in [-0.39, 0.29) is 0 Å². The van der Waals surface area contributed by atoms with E-state index in [0.29, 0.717) is 11.6 Å². The van der Waals surface area contributed by atoms with Crippen LogP contribution in [-0.2, 0) is 9.53 Å². The molecule has 2 unspecified atom stereocenters. The number of ether oxygens (including phenoxy) is 1. The van der Waals surface area contributed by atoms with Gasteiger partial charge >= 0.3 is 12.1 Å². The molecule has 0 aliphatic heterocycles. The molecule has 0 N–H and O–H groups in total. The van der Waals surface area contributed by atoms with Crippen molar-refractivity contribution < 1.29 is 22.7 Å². The van der Waals surface area contributed by atoms with Gasteiger partial charge in [-0.2, -0.15) is 13.2 Å². The van der Waals surface area contributed by atoms with Gasteiger partial charge in [0.25, 0.3) is 0 Å². The third-order valence-electron chi connectivity index (χ3n) is 2.40. The summed E-state index contributed by atoms with van der Waals surface area (Å²) in [7, 11) is 0. The Balaban J connectivity index is 2.73. The standard InChI is InChI=1S/C13H13F3O2/c1-3-11(13(14,15)16)12(17)18-9(2)10-7-5-4-6-8-10/h3-9,11H,1H2,2H3. The lowest BCUT2D eigenvalue weighted by molar-refractivity contribution is -0.191. The summed E-state index contributed by atoms with van der Waals surface area (Å²) < 4.78 is 42.1. The first-order chi connectivity index (χ1) is 8.36. The maximum absolute atomic E-state index is 12.5. The van der Waals surface area contributed by atoms with Gasteiger partial charge in [0.05, 0.1) is 0 Å². The van der Waals surface area contributed by atoms with Gasteiger partial charge in [0, 0.05) is 0 Å². The number of halogens is 3. The molecule has 5 heteroatoms. The highest BCUT2D eigenvalue weighted by Crippen LogP contribution is 2.29. The zero-order chi connectivity index (χ0) is 13.8. The molecule has 0 aliphatic rings. The van der Waals surface area contributed by atoms with Gasteiger partial charge in [0.2, 0.25) is 0 Å². The zero-order valence-corrected chi connectivity index (χ0v) is 9.78. The highest BCUT2D eigenvalue weighted by atomic mass is 19.4. The Bertz CT molecular complexity index is 412. The minimum Gasteiger partial charge on any atom is -0.457 e. The van der Waals surface area contributed by atoms with Crippen molar-refractivity contribution >= 4 is 5.97 Å². The second-order valence-electron chi connectivity index (χ2n) is 3.74. The van der Waals surface area contributed by atoms with Crippen molar-refractivity contribution in [1.82, 2.24) is 0 Å². The zero-order valence-electron chi connectivity index (χ0n) is 9.78. The SMILES string of the molecule is C=CC(C(=O)OC(C)c1ccccc1)C(F)(F)F. The van der Waals surface area contributed by atoms with E-state index in [0.717, 1.165) is 0 Å². The molecule has 0 saturated heterocycles. The van der Waals surface area contributed by atoms with Gasteiger partial charge in [0.15, 0.2) is 5.92 Å². The van der Waals surface area contributed by atoms with Gasteiger partial charge < -0.3 is 4.74 Å². The summed E-state index contributed by atoms with van der Waals surface area (Å²) in [6.45, 7) is 4.53. The maximum Gasteiger partial charge on any atom is 0.405 e. The summed E-state index contributed by atoms with van der Waals surface area (Å²) in [5.41, 5.74) is 0.635. The molecule has 98 valence electrons. The Morgan fingerprint density at radius 3 is 2.33 bits per heavy atom. The minimum atomic E-state index is -4.67. The fraction of sp³-hybridized carbons (Fsp3) is 0.308. The van der Waals surface area contributed by atoms with Crippen LogP contribution >= 0.6 is 0 Å². The minimum absolute atomic E-state index is 0.542. The van der Waals surface area contributed by atoms with Crippen molar-refractivity contribution in [2.24, 2.45) is 5.92 Å². The summed E-state index contributed by atoms with van der Waals surface area (Å²) >= 11 is 0. The molecule has 2 atom stereocenters. The van der Waals surface area contributed by atoms with Crippen LogP contribution in [0.15, 0.2) is 43.0 Å². The number of esters is 1. The normalized spacial score (nSPS) is 14.7. The smallest absolute Gasteiger partial charge is 0.405 e. The lowest BCUT2D eigenvalue weighted by atomic mass is 10.1. The molecule has 0 aromatic heterocycles. The second-order valence-corrected chi connectivity index (χ2v) is 3.74. The molecule has 0 aliphatic carbocycles. The summed E-state index contributed by atoms with van der Waals surface area (Å²) in [4.78, 5) is 11.4. The third-order valence-corrected chi connectivity index (χ3v) is 2.40. The highest BCUT2D eigenvalue weighted by molar-refractivity contribution is 5.75. The largest absolute Gasteiger partial charge is 0.457 e. The van der Waals surface area contributed by atoms with E-state index in [1.807, 2.05) is 0 Å². The van der Waals surface area contributed by atoms with E-state index < -0.39 is 24.2 Å². The maximum atomic E-state index is 12.5. The number of carbonyl (C=O) groups is 1. The van der Waals surface area contributed by atoms with Gasteiger partial charge in [0.1, 0.15) is 6.10 Å². The van der Waals surface area contributed by atoms with Crippen LogP contribution in [0.2, 0.25) is 0 Å². The Hall–Kier alpha value is -1.78. The van der Waals surface area contributed by atoms with E-state index >= 15 is 0 Å². The number of hydrogen-bond donors (Lipinski definition) is 0. The molecule has 0 spiro atoms. The Morgan fingerprint density at radius 2 is 1.89 bits per heavy atom. The Labute approximate surface area is 103 Å². The predicted octanol–water partition coefficient (Wildman–Crippen LogP) is 3.66. The first kappa shape index (κ1) is 14.3. The van der Waals surface area contributed by atoms with E-state index in [1.54, 1.807) is 30.3 Å². The molecular weight excluding hydrogens is 245 g/mol. The van der Waals surface area contributed by atoms with Gasteiger partial charge in [-0.15, -0.1) is 6.58 Å². The molecule has 0 bridgehead atoms. The molecule has 0 heterocycles. The molecule has 0 radical (unpaired) electrons. The molecule has 0 saturated carbocycles. The van der Waals surface area contributed by atoms with E-state index in [1.165, 1.54) is 6.92 Å². The summed E-state index contributed by atoms with van der Waals surface area (Å²) in [5.74, 6) is -3.63. The Kier molecular flexibility index (Phi) is 4.53. The van der Waals surface area contributed by atoms with Crippen LogP contribution in [0.1, 0.15) is 18.6 Å². The van der Waals surface area contributed by atoms with Crippen LogP contribution in [0.4, 0.5) is 13.2 Å². The van der Waals surface area contributed by atoms with Crippen LogP contribution in [0.3, 0.4) is 0 Å². The van der Waals surface area contributed by atoms with Crippen molar-refractivity contribution in [3.05, 3.63) is 48.6 Å². The average molecular weight is 258 g/mol. The molecular formula is C13H13F3O2. The predicted molar refractivity (Wildman–Crippen MR) is 60.7 cm³/mol. The Morgan fingerprint density at radius 1 is 1.33 bits per heavy atom. The van der Waals surface area contributed by atoms with E-state index in [2.05, 4.69) is 6.58 Å². The highest BCUT2D eigenvalue weighted by Gasteiger charge is 2.44. The van der Waals surface area contributed by atoms with Crippen molar-refractivity contribution in [3.63, 3.8) is 0 Å². The first-order valence-electron chi connectivity index (χ1n) is 5.31. The van der Waals surface area contributed by atoms with Crippen molar-refractivity contribution in [2.45, 2.75) is 19.2 Å². The first-order valence-corrected chi connectivity index (χ1v) is 5.31. The lowest BCUT2D eigenvalue weighted by Crippen LogP contribution is -2.31. The van der Waals surface area contributed by atoms with Gasteiger partial charge in [-0.25, -0.2) is 0 Å². The molecule has 1 rings (SSSR count). The van der Waals surface area contributed by atoms with Crippen molar-refractivity contribution in [3.8, 4) is 0 Å². The van der Waals surface area contributed by atoms with E-state index in [9.17, 15) is 18.0 Å². The van der Waals surface area contributed by atoms with Crippen molar-refractivity contribution in [1.29, 1.82) is 0 Å². The molecule has 2 nitrogen and oxygen atoms in total. The molecule has 0 amide bonds. The molecule has 18 heavy (non-hydrogen) atoms. The summed E-state index contributed by atoms with van der Waals surface area (Å²) in [6, 6.07) is 8.55. The summed E-state index contributed by atoms with van der Waals surface area (Å²) in [6.07, 6.45) is -4.86. The summed E-state index contributed by atoms with van der Waals surface area (Å²) in [5, 5.41) is 0. The molecule has 1 aromatic rings. The van der Waals surface area contributed by atoms with Crippen LogP contribution in [-0.4, -0.2) is 12.1 Å². The topological polar surface area (TPSA) is 26.3 Å². The monoisotopic (exact) mass is 258 g/mol. The quantitative estimate of drug-likeness (QED) is 0.608. The fourth-order valence-electron chi connectivity index (χ4n) is 1.40. The number of benzene rings is 1. The fourth-order valence-corrected chi connectivity index (χ4v) is 1.40. The van der Waals surface area contributed by atoms with Gasteiger partial charge in [-0.3, -0.25) is 4.79 Å². The number of carbonyl (C=O) groups excluding carboxylic acids is 1. The van der Waals surface area contributed by atoms with Gasteiger partial charge in [-0.1, -0.05) is 36.4 Å². The number of hydrogen-bond acceptors (Lipinski definition) is 2. The van der Waals surface area contributed by atoms with Crippen LogP contribution in [0, 0.1) is 5.92 Å². The van der Waals surface area contributed by atoms with E-state index in [4.69, 9.17) is 4.74 Å². The molecule has 1 aromatic carbocycles. The third kappa shape index (κ3) is 3.61.